The highest BCUT2D eigenvalue weighted by Gasteiger charge is 2.25. The Bertz CT molecular complexity index is 509. The molecule has 1 heterocycles. The summed E-state index contributed by atoms with van der Waals surface area (Å²) in [6.07, 6.45) is 1.45. The lowest BCUT2D eigenvalue weighted by atomic mass is 9.96. The maximum atomic E-state index is 10.9. The average Bonchev–Trinajstić information content (AvgIpc) is 2.53. The third-order valence-corrected chi connectivity index (χ3v) is 4.40. The fraction of sp³-hybridized carbons (Fsp3) is 0.588. The van der Waals surface area contributed by atoms with Gasteiger partial charge < -0.3 is 19.8 Å². The van der Waals surface area contributed by atoms with Gasteiger partial charge in [0.25, 0.3) is 0 Å². The predicted octanol–water partition coefficient (Wildman–Crippen LogP) is 2.22. The summed E-state index contributed by atoms with van der Waals surface area (Å²) in [6, 6.07) is 5.80. The van der Waals surface area contributed by atoms with Crippen molar-refractivity contribution in [3.63, 3.8) is 0 Å². The molecule has 1 aliphatic rings. The van der Waals surface area contributed by atoms with E-state index >= 15 is 0 Å². The molecule has 5 nitrogen and oxygen atoms in total. The Hall–Kier alpha value is -1.59. The molecule has 1 unspecified atom stereocenters. The second-order valence-corrected chi connectivity index (χ2v) is 6.00. The number of aliphatic carboxylic acids is 1. The van der Waals surface area contributed by atoms with Crippen LogP contribution in [0.1, 0.15) is 36.5 Å². The summed E-state index contributed by atoms with van der Waals surface area (Å²) in [7, 11) is 1.61. The van der Waals surface area contributed by atoms with E-state index in [0.29, 0.717) is 25.0 Å². The summed E-state index contributed by atoms with van der Waals surface area (Å²) >= 11 is 0. The predicted molar refractivity (Wildman–Crippen MR) is 84.1 cm³/mol. The van der Waals surface area contributed by atoms with Crippen LogP contribution in [0.15, 0.2) is 18.2 Å². The molecule has 1 fully saturated rings. The van der Waals surface area contributed by atoms with Crippen molar-refractivity contribution in [1.29, 1.82) is 0 Å². The number of hydrogen-bond acceptors (Lipinski definition) is 4. The standard InChI is InChI=1S/C17H25NO4/c1-12-3-4-16(22-2)14(11-12)15(19)7-10-18-8-5-13(6-9-18)17(20)21/h3-4,11,13,15,19H,5-10H2,1-2H3,(H,20,21). The molecule has 0 saturated carbocycles. The first-order valence-electron chi connectivity index (χ1n) is 7.79. The summed E-state index contributed by atoms with van der Waals surface area (Å²) in [6.45, 7) is 4.33. The van der Waals surface area contributed by atoms with Gasteiger partial charge in [-0.25, -0.2) is 0 Å². The highest BCUT2D eigenvalue weighted by molar-refractivity contribution is 5.70. The zero-order chi connectivity index (χ0) is 16.1. The number of carboxylic acids is 1. The molecule has 1 saturated heterocycles. The van der Waals surface area contributed by atoms with E-state index in [2.05, 4.69) is 4.90 Å². The molecule has 2 rings (SSSR count). The molecule has 0 bridgehead atoms. The van der Waals surface area contributed by atoms with Crippen molar-refractivity contribution >= 4 is 5.97 Å². The molecule has 0 aromatic heterocycles. The highest BCUT2D eigenvalue weighted by atomic mass is 16.5. The SMILES string of the molecule is COc1ccc(C)cc1C(O)CCN1CCC(C(=O)O)CC1. The lowest BCUT2D eigenvalue weighted by Crippen LogP contribution is -2.37. The molecule has 0 amide bonds. The summed E-state index contributed by atoms with van der Waals surface area (Å²) < 4.78 is 5.31. The van der Waals surface area contributed by atoms with Crippen LogP contribution in [0, 0.1) is 12.8 Å². The van der Waals surface area contributed by atoms with Crippen LogP contribution in [-0.2, 0) is 4.79 Å². The number of ether oxygens (including phenoxy) is 1. The van der Waals surface area contributed by atoms with Gasteiger partial charge in [-0.05, 0) is 51.4 Å². The third kappa shape index (κ3) is 4.21. The molecule has 0 radical (unpaired) electrons. The number of likely N-dealkylation sites (tertiary alicyclic amines) is 1. The first-order chi connectivity index (χ1) is 10.5. The zero-order valence-corrected chi connectivity index (χ0v) is 13.3. The summed E-state index contributed by atoms with van der Waals surface area (Å²) in [5, 5.41) is 19.4. The third-order valence-electron chi connectivity index (χ3n) is 4.40. The van der Waals surface area contributed by atoms with Gasteiger partial charge in [0.1, 0.15) is 5.75 Å². The molecule has 122 valence electrons. The summed E-state index contributed by atoms with van der Waals surface area (Å²) in [5.74, 6) is -0.190. The van der Waals surface area contributed by atoms with Crippen LogP contribution in [0.2, 0.25) is 0 Å². The van der Waals surface area contributed by atoms with Gasteiger partial charge in [0, 0.05) is 12.1 Å². The fourth-order valence-electron chi connectivity index (χ4n) is 2.98. The van der Waals surface area contributed by atoms with Crippen LogP contribution in [-0.4, -0.2) is 47.8 Å². The van der Waals surface area contributed by atoms with E-state index in [1.54, 1.807) is 7.11 Å². The highest BCUT2D eigenvalue weighted by Crippen LogP contribution is 2.29. The Kier molecular flexibility index (Phi) is 5.80. The molecule has 1 aliphatic heterocycles. The van der Waals surface area contributed by atoms with Crippen LogP contribution in [0.25, 0.3) is 0 Å². The lowest BCUT2D eigenvalue weighted by Gasteiger charge is -2.30. The van der Waals surface area contributed by atoms with Crippen molar-refractivity contribution in [3.05, 3.63) is 29.3 Å². The average molecular weight is 307 g/mol. The number of benzene rings is 1. The maximum absolute atomic E-state index is 10.9. The fourth-order valence-corrected chi connectivity index (χ4v) is 2.98. The van der Waals surface area contributed by atoms with E-state index in [-0.39, 0.29) is 5.92 Å². The van der Waals surface area contributed by atoms with E-state index in [4.69, 9.17) is 9.84 Å². The van der Waals surface area contributed by atoms with Crippen LogP contribution < -0.4 is 4.74 Å². The Morgan fingerprint density at radius 1 is 1.41 bits per heavy atom. The van der Waals surface area contributed by atoms with Crippen molar-refractivity contribution in [2.24, 2.45) is 5.92 Å². The number of aliphatic hydroxyl groups excluding tert-OH is 1. The second kappa shape index (κ2) is 7.61. The Morgan fingerprint density at radius 3 is 2.68 bits per heavy atom. The molecule has 0 spiro atoms. The van der Waals surface area contributed by atoms with Gasteiger partial charge in [0.15, 0.2) is 0 Å². The monoisotopic (exact) mass is 307 g/mol. The van der Waals surface area contributed by atoms with Gasteiger partial charge in [-0.3, -0.25) is 4.79 Å². The van der Waals surface area contributed by atoms with Gasteiger partial charge in [0.2, 0.25) is 0 Å². The van der Waals surface area contributed by atoms with E-state index < -0.39 is 12.1 Å². The van der Waals surface area contributed by atoms with Gasteiger partial charge in [-0.2, -0.15) is 0 Å². The molecule has 0 aliphatic carbocycles. The molecule has 22 heavy (non-hydrogen) atoms. The Morgan fingerprint density at radius 2 is 2.09 bits per heavy atom. The number of nitrogens with zero attached hydrogens (tertiary/aromatic N) is 1. The summed E-state index contributed by atoms with van der Waals surface area (Å²) in [5.41, 5.74) is 1.92. The zero-order valence-electron chi connectivity index (χ0n) is 13.3. The number of rotatable bonds is 6. The van der Waals surface area contributed by atoms with Crippen molar-refractivity contribution in [3.8, 4) is 5.75 Å². The van der Waals surface area contributed by atoms with Gasteiger partial charge >= 0.3 is 5.97 Å². The first-order valence-corrected chi connectivity index (χ1v) is 7.79. The number of carbonyl (C=O) groups is 1. The minimum absolute atomic E-state index is 0.210. The minimum atomic E-state index is -0.691. The number of methoxy groups -OCH3 is 1. The van der Waals surface area contributed by atoms with Crippen molar-refractivity contribution < 1.29 is 19.7 Å². The van der Waals surface area contributed by atoms with Gasteiger partial charge in [0.05, 0.1) is 19.1 Å². The quantitative estimate of drug-likeness (QED) is 0.843. The van der Waals surface area contributed by atoms with E-state index in [1.165, 1.54) is 0 Å². The Balaban J connectivity index is 1.87. The minimum Gasteiger partial charge on any atom is -0.496 e. The smallest absolute Gasteiger partial charge is 0.306 e. The van der Waals surface area contributed by atoms with E-state index in [9.17, 15) is 9.90 Å². The molecule has 1 atom stereocenters. The maximum Gasteiger partial charge on any atom is 0.306 e. The Labute approximate surface area is 131 Å². The second-order valence-electron chi connectivity index (χ2n) is 6.00. The van der Waals surface area contributed by atoms with Crippen LogP contribution >= 0.6 is 0 Å². The van der Waals surface area contributed by atoms with E-state index in [0.717, 1.165) is 30.8 Å². The lowest BCUT2D eigenvalue weighted by molar-refractivity contribution is -0.143. The largest absolute Gasteiger partial charge is 0.496 e. The number of hydrogen-bond donors (Lipinski definition) is 2. The molecular weight excluding hydrogens is 282 g/mol. The topological polar surface area (TPSA) is 70.0 Å². The first kappa shape index (κ1) is 16.8. The molecular formula is C17H25NO4. The number of aryl methyl sites for hydroxylation is 1. The van der Waals surface area contributed by atoms with E-state index in [1.807, 2.05) is 25.1 Å². The van der Waals surface area contributed by atoms with Crippen molar-refractivity contribution in [2.75, 3.05) is 26.7 Å². The molecule has 1 aromatic carbocycles. The van der Waals surface area contributed by atoms with Crippen molar-refractivity contribution in [1.82, 2.24) is 4.90 Å². The number of aliphatic hydroxyl groups is 1. The molecule has 5 heteroatoms. The van der Waals surface area contributed by atoms with Gasteiger partial charge in [-0.1, -0.05) is 11.6 Å². The van der Waals surface area contributed by atoms with Gasteiger partial charge in [-0.15, -0.1) is 0 Å². The molecule has 1 aromatic rings. The van der Waals surface area contributed by atoms with Crippen molar-refractivity contribution in [2.45, 2.75) is 32.3 Å². The van der Waals surface area contributed by atoms with Crippen LogP contribution in [0.5, 0.6) is 5.75 Å². The summed E-state index contributed by atoms with van der Waals surface area (Å²) in [4.78, 5) is 13.2. The van der Waals surface area contributed by atoms with Crippen LogP contribution in [0.4, 0.5) is 0 Å². The number of piperidine rings is 1. The normalized spacial score (nSPS) is 18.1. The molecule has 2 N–H and O–H groups in total. The van der Waals surface area contributed by atoms with Crippen LogP contribution in [0.3, 0.4) is 0 Å². The number of carboxylic acid groups (broad SMARTS) is 1.